The van der Waals surface area contributed by atoms with Crippen molar-refractivity contribution in [3.8, 4) is 0 Å². The third-order valence-electron chi connectivity index (χ3n) is 7.10. The largest absolute Gasteiger partial charge is 0.367 e. The van der Waals surface area contributed by atoms with Crippen LogP contribution < -0.4 is 10.2 Å². The number of sulfonamides is 1. The molecule has 2 aliphatic heterocycles. The van der Waals surface area contributed by atoms with Crippen molar-refractivity contribution >= 4 is 27.3 Å². The lowest BCUT2D eigenvalue weighted by Gasteiger charge is -2.36. The lowest BCUT2D eigenvalue weighted by atomic mass is 10.1. The molecule has 2 saturated heterocycles. The van der Waals surface area contributed by atoms with Crippen LogP contribution in [0.15, 0.2) is 41.3 Å². The molecule has 2 aromatic rings. The van der Waals surface area contributed by atoms with Crippen LogP contribution in [0.25, 0.3) is 0 Å². The predicted octanol–water partition coefficient (Wildman–Crippen LogP) is 3.87. The van der Waals surface area contributed by atoms with Crippen LogP contribution in [-0.4, -0.2) is 69.3 Å². The van der Waals surface area contributed by atoms with Gasteiger partial charge in [0.25, 0.3) is 5.91 Å². The van der Waals surface area contributed by atoms with Crippen LogP contribution in [0.4, 0.5) is 11.4 Å². The lowest BCUT2D eigenvalue weighted by molar-refractivity contribution is 0.102. The Bertz CT molecular complexity index is 1130. The number of likely N-dealkylation sites (N-methyl/N-ethyl adjacent to an activating group) is 1. The molecule has 8 heteroatoms. The van der Waals surface area contributed by atoms with E-state index >= 15 is 0 Å². The van der Waals surface area contributed by atoms with Crippen molar-refractivity contribution in [1.82, 2.24) is 9.21 Å². The summed E-state index contributed by atoms with van der Waals surface area (Å²) in [7, 11) is -3.60. The summed E-state index contributed by atoms with van der Waals surface area (Å²) in [5, 5.41) is 3.03. The van der Waals surface area contributed by atoms with Crippen LogP contribution in [0, 0.1) is 13.8 Å². The van der Waals surface area contributed by atoms with E-state index in [1.807, 2.05) is 38.1 Å². The number of rotatable bonds is 6. The minimum absolute atomic E-state index is 0.232. The number of piperidine rings is 1. The minimum Gasteiger partial charge on any atom is -0.367 e. The second-order valence-electron chi connectivity index (χ2n) is 9.32. The zero-order chi connectivity index (χ0) is 24.3. The Morgan fingerprint density at radius 2 is 1.59 bits per heavy atom. The summed E-state index contributed by atoms with van der Waals surface area (Å²) < 4.78 is 28.2. The van der Waals surface area contributed by atoms with E-state index in [1.165, 1.54) is 0 Å². The third-order valence-corrected chi connectivity index (χ3v) is 8.99. The highest BCUT2D eigenvalue weighted by molar-refractivity contribution is 7.89. The number of hydrogen-bond donors (Lipinski definition) is 1. The van der Waals surface area contributed by atoms with Crippen molar-refractivity contribution in [3.63, 3.8) is 0 Å². The van der Waals surface area contributed by atoms with E-state index in [2.05, 4.69) is 22.0 Å². The molecule has 0 aromatic heterocycles. The first-order valence-corrected chi connectivity index (χ1v) is 13.7. The number of nitrogens with zero attached hydrogens (tertiary/aromatic N) is 3. The van der Waals surface area contributed by atoms with E-state index in [4.69, 9.17) is 0 Å². The Morgan fingerprint density at radius 1 is 0.882 bits per heavy atom. The Hall–Kier alpha value is -2.42. The van der Waals surface area contributed by atoms with Crippen LogP contribution in [0.5, 0.6) is 0 Å². The molecule has 2 fully saturated rings. The van der Waals surface area contributed by atoms with Gasteiger partial charge in [-0.15, -0.1) is 0 Å². The summed E-state index contributed by atoms with van der Waals surface area (Å²) in [5.74, 6) is -0.232. The molecule has 1 N–H and O–H groups in total. The molecule has 0 atom stereocenters. The number of anilines is 2. The molecule has 7 nitrogen and oxygen atoms in total. The second kappa shape index (κ2) is 10.5. The molecule has 2 heterocycles. The maximum absolute atomic E-state index is 13.3. The molecule has 0 aliphatic carbocycles. The maximum Gasteiger partial charge on any atom is 0.255 e. The molecule has 2 aliphatic rings. The van der Waals surface area contributed by atoms with Gasteiger partial charge >= 0.3 is 0 Å². The number of nitrogens with one attached hydrogen (secondary N) is 1. The molecule has 2 aromatic carbocycles. The Labute approximate surface area is 203 Å². The number of amides is 1. The van der Waals surface area contributed by atoms with Gasteiger partial charge in [0.2, 0.25) is 10.0 Å². The summed E-state index contributed by atoms with van der Waals surface area (Å²) in [5.41, 5.74) is 4.15. The summed E-state index contributed by atoms with van der Waals surface area (Å²) in [6.07, 6.45) is 2.83. The zero-order valence-electron chi connectivity index (χ0n) is 20.5. The van der Waals surface area contributed by atoms with E-state index in [9.17, 15) is 13.2 Å². The molecule has 0 radical (unpaired) electrons. The fraction of sp³-hybridized carbons (Fsp3) is 0.500. The van der Waals surface area contributed by atoms with Gasteiger partial charge in [0.15, 0.2) is 0 Å². The number of benzene rings is 2. The summed E-state index contributed by atoms with van der Waals surface area (Å²) in [6.45, 7) is 11.8. The highest BCUT2D eigenvalue weighted by Gasteiger charge is 2.28. The molecule has 0 bridgehead atoms. The standard InChI is InChI=1S/C26H36N4O3S/c1-4-28-14-16-29(17-15-28)25-11-10-23(34(32,33)30-12-6-5-7-13-30)19-24(25)27-26(31)22-9-8-20(2)21(3)18-22/h8-11,18-19H,4-7,12-17H2,1-3H3,(H,27,31). The Balaban J connectivity index is 1.67. The van der Waals surface area contributed by atoms with Crippen molar-refractivity contribution < 1.29 is 13.2 Å². The van der Waals surface area contributed by atoms with Crippen LogP contribution >= 0.6 is 0 Å². The first-order valence-electron chi connectivity index (χ1n) is 12.3. The lowest BCUT2D eigenvalue weighted by Crippen LogP contribution is -2.46. The maximum atomic E-state index is 13.3. The van der Waals surface area contributed by atoms with Crippen molar-refractivity contribution in [2.45, 2.75) is 44.9 Å². The Kier molecular flexibility index (Phi) is 7.60. The third kappa shape index (κ3) is 5.29. The Morgan fingerprint density at radius 3 is 2.24 bits per heavy atom. The highest BCUT2D eigenvalue weighted by atomic mass is 32.2. The number of piperazine rings is 1. The van der Waals surface area contributed by atoms with E-state index < -0.39 is 10.0 Å². The van der Waals surface area contributed by atoms with Gasteiger partial charge in [-0.3, -0.25) is 4.79 Å². The highest BCUT2D eigenvalue weighted by Crippen LogP contribution is 2.32. The molecule has 0 saturated carbocycles. The SMILES string of the molecule is CCN1CCN(c2ccc(S(=O)(=O)N3CCCCC3)cc2NC(=O)c2ccc(C)c(C)c2)CC1. The van der Waals surface area contributed by atoms with Crippen LogP contribution in [0.2, 0.25) is 0 Å². The average molecular weight is 485 g/mol. The minimum atomic E-state index is -3.60. The summed E-state index contributed by atoms with van der Waals surface area (Å²) in [4.78, 5) is 18.0. The number of carbonyl (C=O) groups is 1. The molecule has 0 spiro atoms. The molecule has 1 amide bonds. The van der Waals surface area contributed by atoms with Gasteiger partial charge in [0, 0.05) is 44.8 Å². The van der Waals surface area contributed by atoms with Crippen molar-refractivity contribution in [2.24, 2.45) is 0 Å². The number of hydrogen-bond acceptors (Lipinski definition) is 5. The van der Waals surface area contributed by atoms with Crippen LogP contribution in [-0.2, 0) is 10.0 Å². The van der Waals surface area contributed by atoms with Crippen LogP contribution in [0.1, 0.15) is 47.7 Å². The van der Waals surface area contributed by atoms with Crippen LogP contribution in [0.3, 0.4) is 0 Å². The first-order chi connectivity index (χ1) is 16.3. The van der Waals surface area contributed by atoms with Crippen molar-refractivity contribution in [1.29, 1.82) is 0 Å². The van der Waals surface area contributed by atoms with Gasteiger partial charge < -0.3 is 15.1 Å². The summed E-state index contributed by atoms with van der Waals surface area (Å²) >= 11 is 0. The predicted molar refractivity (Wildman–Crippen MR) is 137 cm³/mol. The van der Waals surface area contributed by atoms with Crippen molar-refractivity contribution in [2.75, 3.05) is 56.0 Å². The van der Waals surface area contributed by atoms with E-state index in [0.29, 0.717) is 24.3 Å². The topological polar surface area (TPSA) is 73.0 Å². The molecule has 184 valence electrons. The van der Waals surface area contributed by atoms with Gasteiger partial charge in [0.05, 0.1) is 16.3 Å². The molecular formula is C26H36N4O3S. The quantitative estimate of drug-likeness (QED) is 0.674. The fourth-order valence-electron chi connectivity index (χ4n) is 4.69. The van der Waals surface area contributed by atoms with Crippen molar-refractivity contribution in [3.05, 3.63) is 53.1 Å². The molecule has 0 unspecified atom stereocenters. The average Bonchev–Trinajstić information content (AvgIpc) is 2.86. The zero-order valence-corrected chi connectivity index (χ0v) is 21.3. The fourth-order valence-corrected chi connectivity index (χ4v) is 6.23. The van der Waals surface area contributed by atoms with E-state index in [-0.39, 0.29) is 10.8 Å². The van der Waals surface area contributed by atoms with Gasteiger partial charge in [-0.2, -0.15) is 4.31 Å². The van der Waals surface area contributed by atoms with Gasteiger partial charge in [-0.25, -0.2) is 8.42 Å². The molecule has 34 heavy (non-hydrogen) atoms. The van der Waals surface area contributed by atoms with Gasteiger partial charge in [-0.05, 0) is 74.7 Å². The number of aryl methyl sites for hydroxylation is 2. The normalized spacial score (nSPS) is 18.1. The monoisotopic (exact) mass is 484 g/mol. The van der Waals surface area contributed by atoms with E-state index in [1.54, 1.807) is 16.4 Å². The van der Waals surface area contributed by atoms with Gasteiger partial charge in [-0.1, -0.05) is 19.4 Å². The van der Waals surface area contributed by atoms with E-state index in [0.717, 1.165) is 68.8 Å². The number of carbonyl (C=O) groups excluding carboxylic acids is 1. The smallest absolute Gasteiger partial charge is 0.255 e. The second-order valence-corrected chi connectivity index (χ2v) is 11.3. The molecule has 4 rings (SSSR count). The van der Waals surface area contributed by atoms with Gasteiger partial charge in [0.1, 0.15) is 0 Å². The first kappa shape index (κ1) is 24.7. The summed E-state index contributed by atoms with van der Waals surface area (Å²) in [6, 6.07) is 10.8. The molecular weight excluding hydrogens is 448 g/mol.